The number of rotatable bonds is 9. The van der Waals surface area contributed by atoms with Crippen LogP contribution in [0.25, 0.3) is 11.0 Å². The van der Waals surface area contributed by atoms with Crippen LogP contribution in [0, 0.1) is 13.8 Å². The van der Waals surface area contributed by atoms with Crippen molar-refractivity contribution in [3.05, 3.63) is 39.7 Å². The lowest BCUT2D eigenvalue weighted by Crippen LogP contribution is -2.36. The lowest BCUT2D eigenvalue weighted by Gasteiger charge is -2.15. The number of carboxylic acids is 1. The number of aliphatic carboxylic acids is 1. The smallest absolute Gasteiger partial charge is 0.339 e. The Morgan fingerprint density at radius 1 is 1.19 bits per heavy atom. The molecule has 1 amide bonds. The number of benzene rings is 1. The number of amides is 1. The third-order valence-corrected chi connectivity index (χ3v) is 4.48. The van der Waals surface area contributed by atoms with Crippen molar-refractivity contribution >= 4 is 22.8 Å². The summed E-state index contributed by atoms with van der Waals surface area (Å²) >= 11 is 0. The molecule has 1 aromatic heterocycles. The zero-order valence-electron chi connectivity index (χ0n) is 15.8. The van der Waals surface area contributed by atoms with Crippen molar-refractivity contribution < 1.29 is 23.8 Å². The Morgan fingerprint density at radius 3 is 2.63 bits per heavy atom. The number of aryl methyl sites for hydroxylation is 1. The Hall–Kier alpha value is -2.83. The summed E-state index contributed by atoms with van der Waals surface area (Å²) < 4.78 is 10.9. The van der Waals surface area contributed by atoms with Crippen LogP contribution in [0.1, 0.15) is 43.7 Å². The molecule has 2 rings (SSSR count). The Labute approximate surface area is 157 Å². The van der Waals surface area contributed by atoms with Crippen LogP contribution < -0.4 is 15.7 Å². The number of carboxylic acid groups (broad SMARTS) is 1. The van der Waals surface area contributed by atoms with Crippen molar-refractivity contribution in [3.63, 3.8) is 0 Å². The minimum Gasteiger partial charge on any atom is -0.481 e. The summed E-state index contributed by atoms with van der Waals surface area (Å²) in [7, 11) is 0. The quantitative estimate of drug-likeness (QED) is 0.516. The minimum absolute atomic E-state index is 0.143. The van der Waals surface area contributed by atoms with Crippen LogP contribution in [-0.4, -0.2) is 29.6 Å². The molecule has 2 aromatic rings. The molecule has 146 valence electrons. The normalized spacial score (nSPS) is 12.0. The van der Waals surface area contributed by atoms with Gasteiger partial charge in [0.25, 0.3) is 5.91 Å². The largest absolute Gasteiger partial charge is 0.481 e. The van der Waals surface area contributed by atoms with Crippen LogP contribution in [-0.2, 0) is 9.59 Å². The number of unbranched alkanes of at least 4 members (excludes halogenated alkanes) is 2. The van der Waals surface area contributed by atoms with Crippen LogP contribution in [0.5, 0.6) is 5.75 Å². The van der Waals surface area contributed by atoms with E-state index >= 15 is 0 Å². The predicted molar refractivity (Wildman–Crippen MR) is 101 cm³/mol. The third kappa shape index (κ3) is 5.57. The molecule has 0 spiro atoms. The maximum absolute atomic E-state index is 12.1. The summed E-state index contributed by atoms with van der Waals surface area (Å²) in [6.07, 6.45) is 1.48. The first-order valence-electron chi connectivity index (χ1n) is 9.00. The standard InChI is InChI=1S/C20H25NO6/c1-12-13(2)20(25)27-17-11-15(8-9-16(12)17)26-14(3)19(24)21-10-6-4-5-7-18(22)23/h8-9,11,14H,4-7,10H2,1-3H3,(H,21,24)(H,22,23)/t14-/m0/s1. The maximum atomic E-state index is 12.1. The molecule has 0 fully saturated rings. The molecule has 0 saturated carbocycles. The summed E-state index contributed by atoms with van der Waals surface area (Å²) in [6, 6.07) is 5.16. The number of ether oxygens (including phenoxy) is 1. The average molecular weight is 375 g/mol. The van der Waals surface area contributed by atoms with Crippen molar-refractivity contribution in [2.75, 3.05) is 6.54 Å². The van der Waals surface area contributed by atoms with Crippen LogP contribution >= 0.6 is 0 Å². The van der Waals surface area contributed by atoms with E-state index in [0.29, 0.717) is 36.3 Å². The third-order valence-electron chi connectivity index (χ3n) is 4.48. The van der Waals surface area contributed by atoms with E-state index in [0.717, 1.165) is 17.4 Å². The fourth-order valence-electron chi connectivity index (χ4n) is 2.69. The zero-order chi connectivity index (χ0) is 20.0. The molecule has 1 atom stereocenters. The zero-order valence-corrected chi connectivity index (χ0v) is 15.8. The van der Waals surface area contributed by atoms with Gasteiger partial charge in [-0.15, -0.1) is 0 Å². The fourth-order valence-corrected chi connectivity index (χ4v) is 2.69. The SMILES string of the molecule is Cc1c(C)c2ccc(O[C@@H](C)C(=O)NCCCCCC(=O)O)cc2oc1=O. The van der Waals surface area contributed by atoms with E-state index in [1.807, 2.05) is 13.0 Å². The first kappa shape index (κ1) is 20.5. The van der Waals surface area contributed by atoms with Gasteiger partial charge in [0.15, 0.2) is 6.10 Å². The number of carbonyl (C=O) groups excluding carboxylic acids is 1. The van der Waals surface area contributed by atoms with Gasteiger partial charge in [-0.2, -0.15) is 0 Å². The lowest BCUT2D eigenvalue weighted by atomic mass is 10.1. The Balaban J connectivity index is 1.90. The highest BCUT2D eigenvalue weighted by atomic mass is 16.5. The Kier molecular flexibility index (Phi) is 6.98. The van der Waals surface area contributed by atoms with Gasteiger partial charge >= 0.3 is 11.6 Å². The molecular formula is C20H25NO6. The molecule has 0 aliphatic carbocycles. The summed E-state index contributed by atoms with van der Waals surface area (Å²) in [5, 5.41) is 12.2. The number of hydrogen-bond acceptors (Lipinski definition) is 5. The first-order valence-corrected chi connectivity index (χ1v) is 9.00. The van der Waals surface area contributed by atoms with E-state index < -0.39 is 12.1 Å². The van der Waals surface area contributed by atoms with Crippen LogP contribution in [0.2, 0.25) is 0 Å². The first-order chi connectivity index (χ1) is 12.8. The molecule has 0 saturated heterocycles. The van der Waals surface area contributed by atoms with Crippen LogP contribution in [0.4, 0.5) is 0 Å². The van der Waals surface area contributed by atoms with Gasteiger partial charge in [0.2, 0.25) is 0 Å². The molecule has 0 aliphatic heterocycles. The Morgan fingerprint density at radius 2 is 1.93 bits per heavy atom. The van der Waals surface area contributed by atoms with Gasteiger partial charge in [0.1, 0.15) is 11.3 Å². The highest BCUT2D eigenvalue weighted by Crippen LogP contribution is 2.24. The molecule has 27 heavy (non-hydrogen) atoms. The Bertz CT molecular complexity index is 886. The minimum atomic E-state index is -0.808. The van der Waals surface area contributed by atoms with Crippen molar-refractivity contribution in [1.82, 2.24) is 5.32 Å². The van der Waals surface area contributed by atoms with E-state index in [1.54, 1.807) is 26.0 Å². The second-order valence-corrected chi connectivity index (χ2v) is 6.55. The topological polar surface area (TPSA) is 106 Å². The number of carbonyl (C=O) groups is 2. The van der Waals surface area contributed by atoms with Gasteiger partial charge < -0.3 is 19.6 Å². The fraction of sp³-hybridized carbons (Fsp3) is 0.450. The van der Waals surface area contributed by atoms with E-state index in [4.69, 9.17) is 14.3 Å². The van der Waals surface area contributed by atoms with Gasteiger partial charge in [0.05, 0.1) is 0 Å². The molecule has 0 aliphatic rings. The lowest BCUT2D eigenvalue weighted by molar-refractivity contribution is -0.137. The summed E-state index contributed by atoms with van der Waals surface area (Å²) in [6.45, 7) is 5.69. The second kappa shape index (κ2) is 9.21. The van der Waals surface area contributed by atoms with Crippen molar-refractivity contribution in [3.8, 4) is 5.75 Å². The van der Waals surface area contributed by atoms with Crippen molar-refractivity contribution in [1.29, 1.82) is 0 Å². The van der Waals surface area contributed by atoms with E-state index in [-0.39, 0.29) is 18.0 Å². The van der Waals surface area contributed by atoms with E-state index in [9.17, 15) is 14.4 Å². The summed E-state index contributed by atoms with van der Waals surface area (Å²) in [4.78, 5) is 34.4. The molecular weight excluding hydrogens is 350 g/mol. The molecule has 7 heteroatoms. The molecule has 0 bridgehead atoms. The van der Waals surface area contributed by atoms with Crippen molar-refractivity contribution in [2.45, 2.75) is 52.6 Å². The summed E-state index contributed by atoms with van der Waals surface area (Å²) in [5.41, 5.74) is 1.48. The molecule has 0 unspecified atom stereocenters. The molecule has 1 heterocycles. The highest BCUT2D eigenvalue weighted by Gasteiger charge is 2.15. The molecule has 7 nitrogen and oxygen atoms in total. The van der Waals surface area contributed by atoms with Gasteiger partial charge in [-0.3, -0.25) is 9.59 Å². The highest BCUT2D eigenvalue weighted by molar-refractivity contribution is 5.83. The van der Waals surface area contributed by atoms with Gasteiger partial charge in [0, 0.05) is 30.0 Å². The van der Waals surface area contributed by atoms with E-state index in [2.05, 4.69) is 5.32 Å². The van der Waals surface area contributed by atoms with E-state index in [1.165, 1.54) is 0 Å². The monoisotopic (exact) mass is 375 g/mol. The number of nitrogens with one attached hydrogen (secondary N) is 1. The second-order valence-electron chi connectivity index (χ2n) is 6.55. The number of fused-ring (bicyclic) bond motifs is 1. The molecule has 1 aromatic carbocycles. The van der Waals surface area contributed by atoms with Gasteiger partial charge in [-0.25, -0.2) is 4.79 Å². The van der Waals surface area contributed by atoms with Crippen LogP contribution in [0.3, 0.4) is 0 Å². The van der Waals surface area contributed by atoms with Crippen molar-refractivity contribution in [2.24, 2.45) is 0 Å². The molecule has 0 radical (unpaired) electrons. The average Bonchev–Trinajstić information content (AvgIpc) is 2.62. The maximum Gasteiger partial charge on any atom is 0.339 e. The number of hydrogen-bond donors (Lipinski definition) is 2. The van der Waals surface area contributed by atoms with Gasteiger partial charge in [-0.1, -0.05) is 6.42 Å². The molecule has 2 N–H and O–H groups in total. The predicted octanol–water partition coefficient (Wildman–Crippen LogP) is 2.94. The summed E-state index contributed by atoms with van der Waals surface area (Å²) in [5.74, 6) is -0.620. The van der Waals surface area contributed by atoms with Crippen LogP contribution in [0.15, 0.2) is 27.4 Å². The van der Waals surface area contributed by atoms with Gasteiger partial charge in [-0.05, 0) is 51.3 Å².